The van der Waals surface area contributed by atoms with E-state index < -0.39 is 11.9 Å². The molecule has 0 spiro atoms. The van der Waals surface area contributed by atoms with Crippen LogP contribution in [0.5, 0.6) is 0 Å². The van der Waals surface area contributed by atoms with Crippen LogP contribution in [0.4, 0.5) is 4.39 Å². The van der Waals surface area contributed by atoms with Crippen LogP contribution in [0, 0.1) is 11.7 Å². The molecule has 1 aromatic heterocycles. The van der Waals surface area contributed by atoms with Gasteiger partial charge in [-0.25, -0.2) is 14.0 Å². The molecule has 0 atom stereocenters. The molecule has 1 aliphatic heterocycles. The van der Waals surface area contributed by atoms with Gasteiger partial charge in [0.25, 0.3) is 17.6 Å². The molecule has 1 amide bonds. The van der Waals surface area contributed by atoms with Crippen molar-refractivity contribution in [2.75, 3.05) is 19.6 Å². The third kappa shape index (κ3) is 9.58. The Kier molecular flexibility index (Phi) is 10.7. The van der Waals surface area contributed by atoms with Gasteiger partial charge in [-0.1, -0.05) is 35.5 Å². The van der Waals surface area contributed by atoms with E-state index in [1.165, 1.54) is 29.8 Å². The molecule has 0 radical (unpaired) electrons. The number of piperidine rings is 1. The molecule has 3 N–H and O–H groups in total. The molecular formula is C27H29FN4O6. The van der Waals surface area contributed by atoms with Gasteiger partial charge in [0.15, 0.2) is 0 Å². The molecule has 200 valence electrons. The Balaban J connectivity index is 0.000000436. The molecule has 0 bridgehead atoms. The molecule has 1 saturated heterocycles. The van der Waals surface area contributed by atoms with Crippen molar-refractivity contribution in [3.63, 3.8) is 0 Å². The van der Waals surface area contributed by atoms with E-state index in [1.54, 1.807) is 0 Å². The molecule has 11 heteroatoms. The fourth-order valence-corrected chi connectivity index (χ4v) is 3.91. The number of aliphatic carboxylic acids is 2. The second kappa shape index (κ2) is 14.4. The van der Waals surface area contributed by atoms with E-state index in [0.717, 1.165) is 38.9 Å². The second-order valence-electron chi connectivity index (χ2n) is 8.69. The smallest absolute Gasteiger partial charge is 0.328 e. The average molecular weight is 525 g/mol. The molecule has 3 aromatic rings. The van der Waals surface area contributed by atoms with Crippen molar-refractivity contribution in [3.8, 4) is 11.5 Å². The lowest BCUT2D eigenvalue weighted by Gasteiger charge is -2.32. The van der Waals surface area contributed by atoms with Gasteiger partial charge >= 0.3 is 11.9 Å². The van der Waals surface area contributed by atoms with Crippen LogP contribution in [-0.2, 0) is 16.1 Å². The fourth-order valence-electron chi connectivity index (χ4n) is 3.91. The number of carbonyl (C=O) groups is 3. The number of hydrogen-bond acceptors (Lipinski definition) is 7. The molecule has 2 heterocycles. The zero-order valence-electron chi connectivity index (χ0n) is 20.6. The van der Waals surface area contributed by atoms with Crippen molar-refractivity contribution in [1.29, 1.82) is 0 Å². The third-order valence-corrected chi connectivity index (χ3v) is 5.88. The summed E-state index contributed by atoms with van der Waals surface area (Å²) in [6, 6.07) is 16.2. The molecule has 0 aliphatic carbocycles. The largest absolute Gasteiger partial charge is 0.478 e. The van der Waals surface area contributed by atoms with Crippen LogP contribution in [-0.4, -0.2) is 62.7 Å². The first-order valence-electron chi connectivity index (χ1n) is 12.1. The molecule has 10 nitrogen and oxygen atoms in total. The number of carboxylic acids is 2. The van der Waals surface area contributed by atoms with Gasteiger partial charge < -0.3 is 20.1 Å². The number of carbonyl (C=O) groups excluding carboxylic acids is 1. The van der Waals surface area contributed by atoms with Gasteiger partial charge in [0, 0.05) is 30.8 Å². The molecule has 1 fully saturated rings. The van der Waals surface area contributed by atoms with Crippen molar-refractivity contribution in [2.24, 2.45) is 5.92 Å². The summed E-state index contributed by atoms with van der Waals surface area (Å²) in [6.07, 6.45) is 4.33. The Labute approximate surface area is 218 Å². The van der Waals surface area contributed by atoms with Crippen molar-refractivity contribution < 1.29 is 33.5 Å². The summed E-state index contributed by atoms with van der Waals surface area (Å²) in [5.74, 6) is -2.41. The Morgan fingerprint density at radius 3 is 2.24 bits per heavy atom. The van der Waals surface area contributed by atoms with Gasteiger partial charge in [-0.05, 0) is 68.1 Å². The van der Waals surface area contributed by atoms with E-state index in [2.05, 4.69) is 44.6 Å². The lowest BCUT2D eigenvalue weighted by molar-refractivity contribution is -0.134. The van der Waals surface area contributed by atoms with Crippen LogP contribution in [0.25, 0.3) is 11.5 Å². The van der Waals surface area contributed by atoms with E-state index in [-0.39, 0.29) is 23.4 Å². The van der Waals surface area contributed by atoms with E-state index >= 15 is 0 Å². The molecule has 0 unspecified atom stereocenters. The van der Waals surface area contributed by atoms with E-state index in [1.807, 2.05) is 6.07 Å². The summed E-state index contributed by atoms with van der Waals surface area (Å²) in [5.41, 5.74) is 1.92. The molecule has 2 aromatic carbocycles. The highest BCUT2D eigenvalue weighted by Gasteiger charge is 2.20. The summed E-state index contributed by atoms with van der Waals surface area (Å²) in [6.45, 7) is 3.75. The summed E-state index contributed by atoms with van der Waals surface area (Å²) in [4.78, 5) is 38.0. The minimum Gasteiger partial charge on any atom is -0.478 e. The summed E-state index contributed by atoms with van der Waals surface area (Å²) in [7, 11) is 0. The highest BCUT2D eigenvalue weighted by Crippen LogP contribution is 2.22. The van der Waals surface area contributed by atoms with Gasteiger partial charge in [0.2, 0.25) is 0 Å². The van der Waals surface area contributed by atoms with Gasteiger partial charge in [-0.3, -0.25) is 9.69 Å². The van der Waals surface area contributed by atoms with Gasteiger partial charge in [-0.15, -0.1) is 0 Å². The van der Waals surface area contributed by atoms with Crippen molar-refractivity contribution in [1.82, 2.24) is 20.4 Å². The molecule has 38 heavy (non-hydrogen) atoms. The van der Waals surface area contributed by atoms with Gasteiger partial charge in [0.05, 0.1) is 0 Å². The predicted molar refractivity (Wildman–Crippen MR) is 135 cm³/mol. The zero-order chi connectivity index (χ0) is 27.3. The van der Waals surface area contributed by atoms with Gasteiger partial charge in [-0.2, -0.15) is 4.98 Å². The molecule has 0 saturated carbocycles. The number of rotatable bonds is 9. The van der Waals surface area contributed by atoms with E-state index in [4.69, 9.17) is 14.7 Å². The van der Waals surface area contributed by atoms with E-state index in [0.29, 0.717) is 30.2 Å². The number of nitrogens with zero attached hydrogens (tertiary/aromatic N) is 3. The summed E-state index contributed by atoms with van der Waals surface area (Å²) in [5, 5.41) is 22.2. The van der Waals surface area contributed by atoms with Crippen LogP contribution in [0.1, 0.15) is 35.4 Å². The Morgan fingerprint density at radius 1 is 1.00 bits per heavy atom. The lowest BCUT2D eigenvalue weighted by atomic mass is 9.93. The van der Waals surface area contributed by atoms with Crippen LogP contribution < -0.4 is 5.32 Å². The molecular weight excluding hydrogens is 495 g/mol. The molecule has 4 rings (SSSR count). The first kappa shape index (κ1) is 28.2. The fraction of sp³-hybridized carbons (Fsp3) is 0.296. The van der Waals surface area contributed by atoms with Gasteiger partial charge in [0.1, 0.15) is 5.82 Å². The van der Waals surface area contributed by atoms with Crippen LogP contribution in [0.3, 0.4) is 0 Å². The van der Waals surface area contributed by atoms with Crippen molar-refractivity contribution in [3.05, 3.63) is 84.0 Å². The maximum atomic E-state index is 13.0. The number of nitrogens with one attached hydrogen (secondary N) is 1. The highest BCUT2D eigenvalue weighted by molar-refractivity contribution is 5.90. The SMILES string of the molecule is O=C(NCCC1CCN(Cc2ccccc2)CC1)c1noc(-c2ccc(F)cc2)n1.O=C(O)/C=C/C(=O)O. The average Bonchev–Trinajstić information content (AvgIpc) is 3.40. The standard InChI is InChI=1S/C23H25FN4O2.C4H4O4/c24-20-8-6-19(7-9-20)23-26-21(27-30-23)22(29)25-13-10-17-11-14-28(15-12-17)16-18-4-2-1-3-5-18;5-3(6)1-2-4(7)8/h1-9,17H,10-16H2,(H,25,29);1-2H,(H,5,6)(H,7,8)/b;2-1+. The first-order valence-corrected chi connectivity index (χ1v) is 12.1. The first-order chi connectivity index (χ1) is 18.3. The minimum absolute atomic E-state index is 0.00740. The van der Waals surface area contributed by atoms with Crippen LogP contribution >= 0.6 is 0 Å². The summed E-state index contributed by atoms with van der Waals surface area (Å²) >= 11 is 0. The van der Waals surface area contributed by atoms with Crippen LogP contribution in [0.15, 0.2) is 71.3 Å². The maximum Gasteiger partial charge on any atom is 0.328 e. The van der Waals surface area contributed by atoms with E-state index in [9.17, 15) is 18.8 Å². The second-order valence-corrected chi connectivity index (χ2v) is 8.69. The topological polar surface area (TPSA) is 146 Å². The number of halogens is 1. The number of likely N-dealkylation sites (tertiary alicyclic amines) is 1. The number of aromatic nitrogens is 2. The number of amides is 1. The normalized spacial score (nSPS) is 14.0. The zero-order valence-corrected chi connectivity index (χ0v) is 20.6. The number of carboxylic acid groups (broad SMARTS) is 2. The quantitative estimate of drug-likeness (QED) is 0.357. The monoisotopic (exact) mass is 524 g/mol. The summed E-state index contributed by atoms with van der Waals surface area (Å²) < 4.78 is 18.1. The highest BCUT2D eigenvalue weighted by atomic mass is 19.1. The lowest BCUT2D eigenvalue weighted by Crippen LogP contribution is -2.35. The minimum atomic E-state index is -1.26. The number of benzene rings is 2. The maximum absolute atomic E-state index is 13.0. The Bertz CT molecular complexity index is 1210. The van der Waals surface area contributed by atoms with Crippen molar-refractivity contribution >= 4 is 17.8 Å². The Morgan fingerprint density at radius 2 is 1.63 bits per heavy atom. The number of hydrogen-bond donors (Lipinski definition) is 3. The molecule has 1 aliphatic rings. The van der Waals surface area contributed by atoms with Crippen LogP contribution in [0.2, 0.25) is 0 Å². The Hall–Kier alpha value is -4.38. The third-order valence-electron chi connectivity index (χ3n) is 5.88. The van der Waals surface area contributed by atoms with Crippen molar-refractivity contribution in [2.45, 2.75) is 25.8 Å². The predicted octanol–water partition coefficient (Wildman–Crippen LogP) is 3.62.